The highest BCUT2D eigenvalue weighted by Crippen LogP contribution is 2.30. The predicted molar refractivity (Wildman–Crippen MR) is 90.6 cm³/mol. The molecule has 130 valence electrons. The van der Waals surface area contributed by atoms with Gasteiger partial charge in [-0.1, -0.05) is 12.1 Å². The first-order valence-corrected chi connectivity index (χ1v) is 7.83. The van der Waals surface area contributed by atoms with Gasteiger partial charge in [-0.25, -0.2) is 0 Å². The Balaban J connectivity index is 1.94. The van der Waals surface area contributed by atoms with Crippen LogP contribution in [0.1, 0.15) is 37.7 Å². The lowest BCUT2D eigenvalue weighted by Crippen LogP contribution is -2.20. The largest absolute Gasteiger partial charge is 0.492 e. The van der Waals surface area contributed by atoms with Gasteiger partial charge in [-0.15, -0.1) is 0 Å². The van der Waals surface area contributed by atoms with Gasteiger partial charge >= 0.3 is 0 Å². The fourth-order valence-electron chi connectivity index (χ4n) is 2.95. The van der Waals surface area contributed by atoms with E-state index in [0.29, 0.717) is 22.6 Å². The SMILES string of the molecule is COC1=CC(=O)c2c(c(COc3ccc(CO)cc3)c(C)n2C)C1=O. The summed E-state index contributed by atoms with van der Waals surface area (Å²) in [5.41, 5.74) is 2.96. The fraction of sp³-hybridized carbons (Fsp3) is 0.263. The average molecular weight is 341 g/mol. The molecule has 2 aromatic rings. The van der Waals surface area contributed by atoms with Crippen LogP contribution in [0.4, 0.5) is 0 Å². The minimum atomic E-state index is -0.310. The molecule has 1 aliphatic rings. The lowest BCUT2D eigenvalue weighted by atomic mass is 9.96. The molecular formula is C19H19NO5. The molecule has 0 radical (unpaired) electrons. The average Bonchev–Trinajstić information content (AvgIpc) is 2.88. The normalized spacial score (nSPS) is 13.5. The molecule has 1 aromatic carbocycles. The molecule has 0 unspecified atom stereocenters. The zero-order valence-corrected chi connectivity index (χ0v) is 14.3. The van der Waals surface area contributed by atoms with E-state index in [4.69, 9.17) is 14.6 Å². The number of rotatable bonds is 5. The van der Waals surface area contributed by atoms with Crippen molar-refractivity contribution in [3.05, 3.63) is 64.2 Å². The highest BCUT2D eigenvalue weighted by Gasteiger charge is 2.34. The summed E-state index contributed by atoms with van der Waals surface area (Å²) in [4.78, 5) is 25.0. The summed E-state index contributed by atoms with van der Waals surface area (Å²) >= 11 is 0. The van der Waals surface area contributed by atoms with Gasteiger partial charge in [-0.3, -0.25) is 9.59 Å². The summed E-state index contributed by atoms with van der Waals surface area (Å²) in [6.07, 6.45) is 1.22. The van der Waals surface area contributed by atoms with Gasteiger partial charge in [-0.05, 0) is 24.6 Å². The van der Waals surface area contributed by atoms with Crippen LogP contribution in [0.3, 0.4) is 0 Å². The summed E-state index contributed by atoms with van der Waals surface area (Å²) in [7, 11) is 3.13. The Bertz CT molecular complexity index is 874. The lowest BCUT2D eigenvalue weighted by molar-refractivity contribution is 0.0912. The van der Waals surface area contributed by atoms with Gasteiger partial charge in [-0.2, -0.15) is 0 Å². The van der Waals surface area contributed by atoms with E-state index in [-0.39, 0.29) is 30.5 Å². The van der Waals surface area contributed by atoms with Crippen molar-refractivity contribution in [1.29, 1.82) is 0 Å². The molecule has 1 aliphatic carbocycles. The van der Waals surface area contributed by atoms with Crippen LogP contribution in [0.2, 0.25) is 0 Å². The minimum Gasteiger partial charge on any atom is -0.492 e. The van der Waals surface area contributed by atoms with Crippen LogP contribution in [0.15, 0.2) is 36.1 Å². The molecule has 0 amide bonds. The molecule has 25 heavy (non-hydrogen) atoms. The van der Waals surface area contributed by atoms with Crippen molar-refractivity contribution >= 4 is 11.6 Å². The van der Waals surface area contributed by atoms with Gasteiger partial charge in [0.25, 0.3) is 0 Å². The van der Waals surface area contributed by atoms with Crippen molar-refractivity contribution in [2.45, 2.75) is 20.1 Å². The summed E-state index contributed by atoms with van der Waals surface area (Å²) in [6, 6.07) is 7.04. The Labute approximate surface area is 145 Å². The number of Topliss-reactive ketones (excluding diaryl/α,β-unsaturated/α-hetero) is 1. The van der Waals surface area contributed by atoms with Crippen LogP contribution in [-0.4, -0.2) is 28.3 Å². The number of allylic oxidation sites excluding steroid dienone is 2. The van der Waals surface area contributed by atoms with E-state index in [1.165, 1.54) is 13.2 Å². The monoisotopic (exact) mass is 341 g/mol. The smallest absolute Gasteiger partial charge is 0.230 e. The number of aliphatic hydroxyl groups is 1. The molecule has 0 spiro atoms. The maximum absolute atomic E-state index is 12.6. The molecule has 0 saturated carbocycles. The topological polar surface area (TPSA) is 77.8 Å². The number of hydrogen-bond donors (Lipinski definition) is 1. The second kappa shape index (κ2) is 6.57. The molecular weight excluding hydrogens is 322 g/mol. The third kappa shape index (κ3) is 2.85. The van der Waals surface area contributed by atoms with E-state index in [0.717, 1.165) is 11.3 Å². The summed E-state index contributed by atoms with van der Waals surface area (Å²) in [6.45, 7) is 1.97. The second-order valence-electron chi connectivity index (χ2n) is 5.84. The van der Waals surface area contributed by atoms with Crippen LogP contribution < -0.4 is 4.74 Å². The van der Waals surface area contributed by atoms with Crippen molar-refractivity contribution in [2.75, 3.05) is 7.11 Å². The van der Waals surface area contributed by atoms with Crippen LogP contribution in [0.5, 0.6) is 5.75 Å². The van der Waals surface area contributed by atoms with Crippen LogP contribution in [0, 0.1) is 6.92 Å². The molecule has 1 N–H and O–H groups in total. The highest BCUT2D eigenvalue weighted by atomic mass is 16.5. The number of nitrogens with zero attached hydrogens (tertiary/aromatic N) is 1. The molecule has 3 rings (SSSR count). The number of carbonyl (C=O) groups is 2. The minimum absolute atomic E-state index is 0.0334. The standard InChI is InChI=1S/C19H19NO5/c1-11-14(10-25-13-6-4-12(9-21)5-7-13)17-18(20(11)2)15(22)8-16(24-3)19(17)23/h4-8,21H,9-10H2,1-3H3. The van der Waals surface area contributed by atoms with E-state index in [1.807, 2.05) is 6.92 Å². The number of hydrogen-bond acceptors (Lipinski definition) is 5. The van der Waals surface area contributed by atoms with Crippen molar-refractivity contribution < 1.29 is 24.2 Å². The van der Waals surface area contributed by atoms with Crippen molar-refractivity contribution in [2.24, 2.45) is 7.05 Å². The molecule has 0 atom stereocenters. The lowest BCUT2D eigenvalue weighted by Gasteiger charge is -2.13. The third-order valence-corrected chi connectivity index (χ3v) is 4.47. The van der Waals surface area contributed by atoms with E-state index in [2.05, 4.69) is 0 Å². The van der Waals surface area contributed by atoms with Gasteiger partial charge in [0.1, 0.15) is 18.1 Å². The number of aliphatic hydroxyl groups excluding tert-OH is 1. The number of ketones is 2. The van der Waals surface area contributed by atoms with Crippen molar-refractivity contribution in [3.63, 3.8) is 0 Å². The molecule has 0 aliphatic heterocycles. The quantitative estimate of drug-likeness (QED) is 0.903. The molecule has 6 nitrogen and oxygen atoms in total. The van der Waals surface area contributed by atoms with Gasteiger partial charge in [0.05, 0.1) is 19.3 Å². The Morgan fingerprint density at radius 1 is 1.16 bits per heavy atom. The van der Waals surface area contributed by atoms with Gasteiger partial charge < -0.3 is 19.1 Å². The van der Waals surface area contributed by atoms with Gasteiger partial charge in [0.2, 0.25) is 11.6 Å². The highest BCUT2D eigenvalue weighted by molar-refractivity contribution is 6.24. The summed E-state index contributed by atoms with van der Waals surface area (Å²) in [5, 5.41) is 9.08. The number of methoxy groups -OCH3 is 1. The molecule has 1 heterocycles. The number of carbonyl (C=O) groups excluding carboxylic acids is 2. The summed E-state index contributed by atoms with van der Waals surface area (Å²) in [5.74, 6) is 0.0913. The van der Waals surface area contributed by atoms with Crippen molar-refractivity contribution in [1.82, 2.24) is 4.57 Å². The molecule has 6 heteroatoms. The molecule has 0 saturated heterocycles. The van der Waals surface area contributed by atoms with Crippen LogP contribution >= 0.6 is 0 Å². The Hall–Kier alpha value is -2.86. The molecule has 0 fully saturated rings. The first-order valence-electron chi connectivity index (χ1n) is 7.83. The zero-order chi connectivity index (χ0) is 18.1. The number of fused-ring (bicyclic) bond motifs is 1. The second-order valence-corrected chi connectivity index (χ2v) is 5.84. The zero-order valence-electron chi connectivity index (χ0n) is 14.3. The summed E-state index contributed by atoms with van der Waals surface area (Å²) < 4.78 is 12.5. The number of ether oxygens (including phenoxy) is 2. The van der Waals surface area contributed by atoms with Crippen LogP contribution in [0.25, 0.3) is 0 Å². The molecule has 1 aromatic heterocycles. The Morgan fingerprint density at radius 3 is 2.44 bits per heavy atom. The first-order chi connectivity index (χ1) is 12.0. The Morgan fingerprint density at radius 2 is 1.84 bits per heavy atom. The number of aromatic nitrogens is 1. The van der Waals surface area contributed by atoms with E-state index in [9.17, 15) is 9.59 Å². The van der Waals surface area contributed by atoms with Crippen LogP contribution in [-0.2, 0) is 25.0 Å². The maximum atomic E-state index is 12.6. The van der Waals surface area contributed by atoms with Crippen molar-refractivity contribution in [3.8, 4) is 5.75 Å². The molecule has 0 bridgehead atoms. The van der Waals surface area contributed by atoms with Gasteiger partial charge in [0, 0.05) is 24.4 Å². The first kappa shape index (κ1) is 17.0. The third-order valence-electron chi connectivity index (χ3n) is 4.47. The maximum Gasteiger partial charge on any atom is 0.230 e. The van der Waals surface area contributed by atoms with Gasteiger partial charge in [0.15, 0.2) is 5.76 Å². The Kier molecular flexibility index (Phi) is 4.46. The predicted octanol–water partition coefficient (Wildman–Crippen LogP) is 2.31. The van der Waals surface area contributed by atoms with E-state index < -0.39 is 0 Å². The fourth-order valence-corrected chi connectivity index (χ4v) is 2.95. The van der Waals surface area contributed by atoms with E-state index >= 15 is 0 Å². The number of benzene rings is 1. The van der Waals surface area contributed by atoms with E-state index in [1.54, 1.807) is 35.9 Å².